The Kier molecular flexibility index (Phi) is 3.63. The van der Waals surface area contributed by atoms with E-state index in [1.165, 1.54) is 11.3 Å². The van der Waals surface area contributed by atoms with E-state index >= 15 is 0 Å². The van der Waals surface area contributed by atoms with E-state index < -0.39 is 0 Å². The van der Waals surface area contributed by atoms with E-state index in [2.05, 4.69) is 15.9 Å². The fourth-order valence-electron chi connectivity index (χ4n) is 1.12. The third-order valence-electron chi connectivity index (χ3n) is 1.82. The Labute approximate surface area is 110 Å². The highest BCUT2D eigenvalue weighted by atomic mass is 79.9. The van der Waals surface area contributed by atoms with Crippen molar-refractivity contribution in [2.75, 3.05) is 0 Å². The molecule has 0 aliphatic carbocycles. The standard InChI is InChI=1S/C11H6BrClO2S/c12-7-1-3-10(9(13)5-7)15-11-4-2-8(6-14)16-11/h1-6H. The molecule has 2 aromatic rings. The molecule has 0 saturated heterocycles. The Morgan fingerprint density at radius 3 is 2.75 bits per heavy atom. The van der Waals surface area contributed by atoms with Crippen molar-refractivity contribution in [3.05, 3.63) is 44.7 Å². The molecule has 0 saturated carbocycles. The van der Waals surface area contributed by atoms with Crippen molar-refractivity contribution in [2.24, 2.45) is 0 Å². The van der Waals surface area contributed by atoms with Crippen LogP contribution in [0.4, 0.5) is 0 Å². The van der Waals surface area contributed by atoms with Gasteiger partial charge in [-0.1, -0.05) is 38.9 Å². The summed E-state index contributed by atoms with van der Waals surface area (Å²) in [4.78, 5) is 11.1. The van der Waals surface area contributed by atoms with E-state index in [0.717, 1.165) is 10.8 Å². The number of hydrogen-bond donors (Lipinski definition) is 0. The Morgan fingerprint density at radius 1 is 1.31 bits per heavy atom. The molecule has 0 bridgehead atoms. The molecule has 5 heteroatoms. The summed E-state index contributed by atoms with van der Waals surface area (Å²) in [5, 5.41) is 1.17. The van der Waals surface area contributed by atoms with Gasteiger partial charge in [-0.3, -0.25) is 4.79 Å². The molecule has 0 aliphatic rings. The SMILES string of the molecule is O=Cc1ccc(Oc2ccc(Br)cc2Cl)s1. The number of thiophene rings is 1. The first-order valence-electron chi connectivity index (χ1n) is 4.37. The molecule has 16 heavy (non-hydrogen) atoms. The molecule has 82 valence electrons. The first kappa shape index (κ1) is 11.6. The van der Waals surface area contributed by atoms with Crippen molar-refractivity contribution >= 4 is 45.2 Å². The summed E-state index contributed by atoms with van der Waals surface area (Å²) in [6, 6.07) is 8.82. The predicted octanol–water partition coefficient (Wildman–Crippen LogP) is 4.77. The fourth-order valence-corrected chi connectivity index (χ4v) is 2.51. The van der Waals surface area contributed by atoms with Gasteiger partial charge in [-0.15, -0.1) is 0 Å². The molecule has 1 aromatic heterocycles. The lowest BCUT2D eigenvalue weighted by atomic mass is 10.3. The second-order valence-electron chi connectivity index (χ2n) is 2.95. The molecule has 2 rings (SSSR count). The molecule has 0 spiro atoms. The topological polar surface area (TPSA) is 26.3 Å². The van der Waals surface area contributed by atoms with Crippen LogP contribution in [-0.2, 0) is 0 Å². The van der Waals surface area contributed by atoms with Gasteiger partial charge in [0.25, 0.3) is 0 Å². The average molecular weight is 318 g/mol. The second kappa shape index (κ2) is 4.99. The summed E-state index contributed by atoms with van der Waals surface area (Å²) in [6.45, 7) is 0. The molecule has 0 fully saturated rings. The van der Waals surface area contributed by atoms with Crippen molar-refractivity contribution < 1.29 is 9.53 Å². The van der Waals surface area contributed by atoms with Crippen molar-refractivity contribution in [1.82, 2.24) is 0 Å². The minimum Gasteiger partial charge on any atom is -0.445 e. The minimum atomic E-state index is 0.524. The molecule has 0 unspecified atom stereocenters. The molecule has 0 atom stereocenters. The molecule has 1 aromatic carbocycles. The highest BCUT2D eigenvalue weighted by Gasteiger charge is 2.05. The monoisotopic (exact) mass is 316 g/mol. The highest BCUT2D eigenvalue weighted by Crippen LogP contribution is 2.34. The van der Waals surface area contributed by atoms with E-state index in [4.69, 9.17) is 16.3 Å². The Hall–Kier alpha value is -0.840. The first-order chi connectivity index (χ1) is 7.69. The summed E-state index contributed by atoms with van der Waals surface area (Å²) >= 11 is 10.6. The van der Waals surface area contributed by atoms with Gasteiger partial charge in [0.1, 0.15) is 5.75 Å². The van der Waals surface area contributed by atoms with E-state index in [-0.39, 0.29) is 0 Å². The van der Waals surface area contributed by atoms with Gasteiger partial charge < -0.3 is 4.74 Å². The first-order valence-corrected chi connectivity index (χ1v) is 6.36. The fraction of sp³-hybridized carbons (Fsp3) is 0. The molecule has 0 aliphatic heterocycles. The van der Waals surface area contributed by atoms with Gasteiger partial charge in [-0.05, 0) is 30.3 Å². The van der Waals surface area contributed by atoms with Crippen LogP contribution in [0.25, 0.3) is 0 Å². The Balaban J connectivity index is 2.23. The Morgan fingerprint density at radius 2 is 2.12 bits per heavy atom. The number of benzene rings is 1. The number of carbonyl (C=O) groups excluding carboxylic acids is 1. The number of hydrogen-bond acceptors (Lipinski definition) is 3. The van der Waals surface area contributed by atoms with Gasteiger partial charge in [0.2, 0.25) is 0 Å². The molecule has 2 nitrogen and oxygen atoms in total. The Bertz CT molecular complexity index is 524. The van der Waals surface area contributed by atoms with Crippen LogP contribution in [0, 0.1) is 0 Å². The summed E-state index contributed by atoms with van der Waals surface area (Å²) in [5.74, 6) is 0.573. The molecule has 0 radical (unpaired) electrons. The van der Waals surface area contributed by atoms with Crippen molar-refractivity contribution in [1.29, 1.82) is 0 Å². The maximum atomic E-state index is 10.5. The minimum absolute atomic E-state index is 0.524. The number of aldehydes is 1. The molecular formula is C11H6BrClO2S. The second-order valence-corrected chi connectivity index (χ2v) is 5.35. The zero-order valence-corrected chi connectivity index (χ0v) is 11.1. The summed E-state index contributed by atoms with van der Waals surface area (Å²) < 4.78 is 6.45. The van der Waals surface area contributed by atoms with Crippen molar-refractivity contribution in [2.45, 2.75) is 0 Å². The van der Waals surface area contributed by atoms with E-state index in [1.54, 1.807) is 24.3 Å². The normalized spacial score (nSPS) is 10.1. The number of ether oxygens (including phenoxy) is 1. The summed E-state index contributed by atoms with van der Waals surface area (Å²) in [7, 11) is 0. The number of rotatable bonds is 3. The van der Waals surface area contributed by atoms with Crippen LogP contribution in [0.15, 0.2) is 34.8 Å². The third-order valence-corrected chi connectivity index (χ3v) is 3.50. The number of halogens is 2. The van der Waals surface area contributed by atoms with Gasteiger partial charge in [0, 0.05) is 4.47 Å². The van der Waals surface area contributed by atoms with Crippen LogP contribution in [0.5, 0.6) is 10.8 Å². The summed E-state index contributed by atoms with van der Waals surface area (Å²) in [5.41, 5.74) is 0. The van der Waals surface area contributed by atoms with Crippen LogP contribution < -0.4 is 4.74 Å². The maximum absolute atomic E-state index is 10.5. The average Bonchev–Trinajstić information content (AvgIpc) is 2.70. The van der Waals surface area contributed by atoms with E-state index in [1.807, 2.05) is 6.07 Å². The largest absolute Gasteiger partial charge is 0.445 e. The van der Waals surface area contributed by atoms with Crippen molar-refractivity contribution in [3.63, 3.8) is 0 Å². The molecule has 0 N–H and O–H groups in total. The van der Waals surface area contributed by atoms with Crippen LogP contribution >= 0.6 is 38.9 Å². The lowest BCUT2D eigenvalue weighted by molar-refractivity contribution is 0.112. The lowest BCUT2D eigenvalue weighted by Gasteiger charge is -2.04. The predicted molar refractivity (Wildman–Crippen MR) is 68.9 cm³/mol. The smallest absolute Gasteiger partial charge is 0.181 e. The molecule has 1 heterocycles. The van der Waals surface area contributed by atoms with Crippen molar-refractivity contribution in [3.8, 4) is 10.8 Å². The van der Waals surface area contributed by atoms with Gasteiger partial charge in [-0.25, -0.2) is 0 Å². The van der Waals surface area contributed by atoms with Crippen LogP contribution in [0.2, 0.25) is 5.02 Å². The summed E-state index contributed by atoms with van der Waals surface area (Å²) in [6.07, 6.45) is 0.792. The van der Waals surface area contributed by atoms with Gasteiger partial charge in [0.05, 0.1) is 9.90 Å². The zero-order valence-electron chi connectivity index (χ0n) is 7.94. The number of carbonyl (C=O) groups is 1. The van der Waals surface area contributed by atoms with E-state index in [0.29, 0.717) is 20.7 Å². The van der Waals surface area contributed by atoms with Gasteiger partial charge >= 0.3 is 0 Å². The van der Waals surface area contributed by atoms with Crippen LogP contribution in [-0.4, -0.2) is 6.29 Å². The third kappa shape index (κ3) is 2.64. The zero-order chi connectivity index (χ0) is 11.5. The van der Waals surface area contributed by atoms with Crippen LogP contribution in [0.3, 0.4) is 0 Å². The highest BCUT2D eigenvalue weighted by molar-refractivity contribution is 9.10. The van der Waals surface area contributed by atoms with E-state index in [9.17, 15) is 4.79 Å². The maximum Gasteiger partial charge on any atom is 0.181 e. The lowest BCUT2D eigenvalue weighted by Crippen LogP contribution is -1.81. The van der Waals surface area contributed by atoms with Gasteiger partial charge in [-0.2, -0.15) is 0 Å². The quantitative estimate of drug-likeness (QED) is 0.762. The molecule has 0 amide bonds. The van der Waals surface area contributed by atoms with Crippen LogP contribution in [0.1, 0.15) is 9.67 Å². The molecular weight excluding hydrogens is 312 g/mol. The van der Waals surface area contributed by atoms with Gasteiger partial charge in [0.15, 0.2) is 11.3 Å².